The molecule has 1 fully saturated rings. The fraction of sp³-hybridized carbons (Fsp3) is 0.320. The summed E-state index contributed by atoms with van der Waals surface area (Å²) >= 11 is 0. The van der Waals surface area contributed by atoms with Crippen LogP contribution < -0.4 is 15.5 Å². The highest BCUT2D eigenvalue weighted by atomic mass is 19.1. The molecule has 0 aliphatic heterocycles. The average molecular weight is 435 g/mol. The Morgan fingerprint density at radius 3 is 2.47 bits per heavy atom. The molecule has 6 nitrogen and oxygen atoms in total. The van der Waals surface area contributed by atoms with Crippen LogP contribution in [-0.2, 0) is 4.79 Å². The second-order valence-corrected chi connectivity index (χ2v) is 8.05. The van der Waals surface area contributed by atoms with Gasteiger partial charge in [0.25, 0.3) is 0 Å². The molecule has 1 aromatic heterocycles. The first kappa shape index (κ1) is 21.7. The van der Waals surface area contributed by atoms with E-state index in [0.717, 1.165) is 32.1 Å². The highest BCUT2D eigenvalue weighted by Gasteiger charge is 2.26. The van der Waals surface area contributed by atoms with E-state index in [-0.39, 0.29) is 34.6 Å². The molecule has 0 atom stereocenters. The topological polar surface area (TPSA) is 73.2 Å². The number of nitrogens with one attached hydrogen (secondary N) is 1. The third-order valence-corrected chi connectivity index (χ3v) is 5.92. The second kappa shape index (κ2) is 9.34. The lowest BCUT2D eigenvalue weighted by Gasteiger charge is -2.24. The highest BCUT2D eigenvalue weighted by molar-refractivity contribution is 5.96. The van der Waals surface area contributed by atoms with E-state index in [1.54, 1.807) is 31.2 Å². The van der Waals surface area contributed by atoms with E-state index in [2.05, 4.69) is 10.4 Å². The van der Waals surface area contributed by atoms with Crippen LogP contribution in [0.5, 0.6) is 5.75 Å². The van der Waals surface area contributed by atoms with Gasteiger partial charge in [-0.05, 0) is 50.1 Å². The van der Waals surface area contributed by atoms with Gasteiger partial charge < -0.3 is 10.1 Å². The lowest BCUT2D eigenvalue weighted by molar-refractivity contribution is -0.120. The molecule has 1 aliphatic rings. The normalized spacial score (nSPS) is 14.2. The van der Waals surface area contributed by atoms with Crippen LogP contribution in [0, 0.1) is 18.7 Å². The van der Waals surface area contributed by atoms with Crippen molar-refractivity contribution in [3.63, 3.8) is 0 Å². The Balaban J connectivity index is 1.94. The molecule has 0 radical (unpaired) electrons. The van der Waals surface area contributed by atoms with Gasteiger partial charge in [-0.2, -0.15) is 5.10 Å². The van der Waals surface area contributed by atoms with Crippen LogP contribution in [0.15, 0.2) is 53.3 Å². The number of aryl methyl sites for hydroxylation is 1. The molecule has 7 heteroatoms. The molecule has 0 spiro atoms. The van der Waals surface area contributed by atoms with Crippen molar-refractivity contribution < 1.29 is 13.9 Å². The highest BCUT2D eigenvalue weighted by Crippen LogP contribution is 2.34. The summed E-state index contributed by atoms with van der Waals surface area (Å²) < 4.78 is 20.6. The maximum atomic E-state index is 13.6. The number of amides is 1. The summed E-state index contributed by atoms with van der Waals surface area (Å²) in [6, 6.07) is 12.9. The number of methoxy groups -OCH3 is 1. The lowest BCUT2D eigenvalue weighted by atomic mass is 9.88. The molecule has 3 aromatic rings. The molecule has 0 bridgehead atoms. The number of ether oxygens (including phenoxy) is 1. The van der Waals surface area contributed by atoms with Gasteiger partial charge in [-0.25, -0.2) is 9.07 Å². The zero-order valence-corrected chi connectivity index (χ0v) is 18.2. The number of benzene rings is 2. The van der Waals surface area contributed by atoms with Crippen LogP contribution in [-0.4, -0.2) is 22.8 Å². The predicted molar refractivity (Wildman–Crippen MR) is 122 cm³/mol. The maximum Gasteiger partial charge on any atom is 0.228 e. The van der Waals surface area contributed by atoms with Crippen molar-refractivity contribution in [3.8, 4) is 22.6 Å². The van der Waals surface area contributed by atoms with E-state index < -0.39 is 0 Å². The minimum atomic E-state index is -0.385. The van der Waals surface area contributed by atoms with E-state index in [0.29, 0.717) is 22.6 Å². The maximum absolute atomic E-state index is 13.6. The molecule has 32 heavy (non-hydrogen) atoms. The van der Waals surface area contributed by atoms with Gasteiger partial charge in [0.05, 0.1) is 18.4 Å². The summed E-state index contributed by atoms with van der Waals surface area (Å²) in [5, 5.41) is 7.43. The average Bonchev–Trinajstić information content (AvgIpc) is 2.82. The van der Waals surface area contributed by atoms with E-state index in [1.807, 2.05) is 12.1 Å². The lowest BCUT2D eigenvalue weighted by Crippen LogP contribution is -2.29. The van der Waals surface area contributed by atoms with E-state index in [1.165, 1.54) is 23.9 Å². The SMILES string of the molecule is COc1ccccc1-c1c(NC(=O)C2CCCCC2)n(-c2ccc(F)cc2)nc(C)c1=O. The molecule has 1 amide bonds. The molecule has 4 rings (SSSR count). The molecule has 0 unspecified atom stereocenters. The molecular formula is C25H26FN3O3. The van der Waals surface area contributed by atoms with Gasteiger partial charge in [0.1, 0.15) is 23.1 Å². The number of para-hydroxylation sites is 1. The summed E-state index contributed by atoms with van der Waals surface area (Å²) in [6.45, 7) is 1.62. The molecule has 1 heterocycles. The molecule has 0 saturated heterocycles. The van der Waals surface area contributed by atoms with Crippen molar-refractivity contribution in [3.05, 3.63) is 70.3 Å². The Labute approximate surface area is 186 Å². The van der Waals surface area contributed by atoms with Gasteiger partial charge in [0.2, 0.25) is 11.3 Å². The molecule has 1 saturated carbocycles. The number of rotatable bonds is 5. The standard InChI is InChI=1S/C25H26FN3O3/c1-16-23(30)22(20-10-6-7-11-21(20)32-2)24(27-25(31)17-8-4-3-5-9-17)29(28-16)19-14-12-18(26)13-15-19/h6-7,10-15,17H,3-5,8-9H2,1-2H3,(H,27,31). The van der Waals surface area contributed by atoms with Gasteiger partial charge in [-0.1, -0.05) is 37.5 Å². The fourth-order valence-corrected chi connectivity index (χ4v) is 4.21. The number of carbonyl (C=O) groups excluding carboxylic acids is 1. The van der Waals surface area contributed by atoms with E-state index in [4.69, 9.17) is 4.74 Å². The Morgan fingerprint density at radius 2 is 1.78 bits per heavy atom. The third kappa shape index (κ3) is 4.28. The van der Waals surface area contributed by atoms with Gasteiger partial charge in [-0.3, -0.25) is 9.59 Å². The molecule has 1 N–H and O–H groups in total. The van der Waals surface area contributed by atoms with Crippen molar-refractivity contribution in [2.24, 2.45) is 5.92 Å². The zero-order valence-electron chi connectivity index (χ0n) is 18.2. The van der Waals surface area contributed by atoms with Gasteiger partial charge in [0, 0.05) is 11.5 Å². The monoisotopic (exact) mass is 435 g/mol. The first-order valence-electron chi connectivity index (χ1n) is 10.8. The zero-order chi connectivity index (χ0) is 22.7. The van der Waals surface area contributed by atoms with Gasteiger partial charge >= 0.3 is 0 Å². The van der Waals surface area contributed by atoms with Crippen LogP contribution in [0.3, 0.4) is 0 Å². The number of hydrogen-bond donors (Lipinski definition) is 1. The van der Waals surface area contributed by atoms with Gasteiger partial charge in [-0.15, -0.1) is 0 Å². The first-order chi connectivity index (χ1) is 15.5. The number of carbonyl (C=O) groups is 1. The number of anilines is 1. The van der Waals surface area contributed by atoms with Crippen molar-refractivity contribution in [1.29, 1.82) is 0 Å². The quantitative estimate of drug-likeness (QED) is 0.620. The Kier molecular flexibility index (Phi) is 6.35. The third-order valence-electron chi connectivity index (χ3n) is 5.92. The molecule has 2 aromatic carbocycles. The fourth-order valence-electron chi connectivity index (χ4n) is 4.21. The summed E-state index contributed by atoms with van der Waals surface area (Å²) in [7, 11) is 1.53. The molecule has 166 valence electrons. The summed E-state index contributed by atoms with van der Waals surface area (Å²) in [5.41, 5.74) is 1.34. The van der Waals surface area contributed by atoms with Crippen molar-refractivity contribution in [1.82, 2.24) is 9.78 Å². The van der Waals surface area contributed by atoms with Gasteiger partial charge in [0.15, 0.2) is 0 Å². The smallest absolute Gasteiger partial charge is 0.228 e. The van der Waals surface area contributed by atoms with Crippen LogP contribution >= 0.6 is 0 Å². The minimum Gasteiger partial charge on any atom is -0.496 e. The van der Waals surface area contributed by atoms with Crippen LogP contribution in [0.25, 0.3) is 16.8 Å². The number of nitrogens with zero attached hydrogens (tertiary/aromatic N) is 2. The van der Waals surface area contributed by atoms with Crippen LogP contribution in [0.1, 0.15) is 37.8 Å². The van der Waals surface area contributed by atoms with E-state index in [9.17, 15) is 14.0 Å². The first-order valence-corrected chi connectivity index (χ1v) is 10.8. The predicted octanol–water partition coefficient (Wildman–Crippen LogP) is 4.87. The number of hydrogen-bond acceptors (Lipinski definition) is 4. The summed E-state index contributed by atoms with van der Waals surface area (Å²) in [5.74, 6) is 0.125. The van der Waals surface area contributed by atoms with Crippen LogP contribution in [0.4, 0.5) is 10.2 Å². The Bertz CT molecular complexity index is 1180. The van der Waals surface area contributed by atoms with Crippen molar-refractivity contribution >= 4 is 11.7 Å². The summed E-state index contributed by atoms with van der Waals surface area (Å²) in [4.78, 5) is 26.5. The van der Waals surface area contributed by atoms with Crippen molar-refractivity contribution in [2.45, 2.75) is 39.0 Å². The Morgan fingerprint density at radius 1 is 1.09 bits per heavy atom. The van der Waals surface area contributed by atoms with Crippen LogP contribution in [0.2, 0.25) is 0 Å². The second-order valence-electron chi connectivity index (χ2n) is 8.05. The largest absolute Gasteiger partial charge is 0.496 e. The number of aromatic nitrogens is 2. The molecule has 1 aliphatic carbocycles. The molecular weight excluding hydrogens is 409 g/mol. The van der Waals surface area contributed by atoms with E-state index >= 15 is 0 Å². The number of halogens is 1. The van der Waals surface area contributed by atoms with Crippen molar-refractivity contribution in [2.75, 3.05) is 12.4 Å². The Hall–Kier alpha value is -3.48. The minimum absolute atomic E-state index is 0.118. The summed E-state index contributed by atoms with van der Waals surface area (Å²) in [6.07, 6.45) is 4.77.